The maximum atomic E-state index is 4.88. The van der Waals surface area contributed by atoms with Gasteiger partial charge in [-0.1, -0.05) is 51.1 Å². The molecule has 4 aromatic rings. The van der Waals surface area contributed by atoms with Gasteiger partial charge in [0.05, 0.1) is 6.20 Å². The summed E-state index contributed by atoms with van der Waals surface area (Å²) < 4.78 is 1.82. The molecule has 2 heterocycles. The van der Waals surface area contributed by atoms with Crippen LogP contribution in [-0.4, -0.2) is 27.7 Å². The predicted molar refractivity (Wildman–Crippen MR) is 140 cm³/mol. The lowest BCUT2D eigenvalue weighted by Gasteiger charge is -2.24. The molecule has 0 saturated heterocycles. The predicted octanol–water partition coefficient (Wildman–Crippen LogP) is 7.19. The minimum Gasteiger partial charge on any atom is -0.372 e. The van der Waals surface area contributed by atoms with Gasteiger partial charge in [0.25, 0.3) is 0 Å². The average Bonchev–Trinajstić information content (AvgIpc) is 3.27. The third-order valence-corrected chi connectivity index (χ3v) is 5.60. The summed E-state index contributed by atoms with van der Waals surface area (Å²) >= 11 is 0. The normalized spacial score (nSPS) is 11.4. The zero-order chi connectivity index (χ0) is 23.0. The van der Waals surface area contributed by atoms with Crippen molar-refractivity contribution in [2.24, 2.45) is 0 Å². The van der Waals surface area contributed by atoms with Crippen molar-refractivity contribution in [2.75, 3.05) is 23.3 Å². The van der Waals surface area contributed by atoms with Crippen LogP contribution in [0.25, 0.3) is 22.9 Å². The standard InChI is InChI=1S/C28H33N5/c1-4-7-9-22-10-8-11-23(20-22)26-21-29-33-19-16-27(31-28(26)33)30-24-12-14-25(15-13-24)32(17-5-2)18-6-3/h7-16,19-21H,4-6,17-18H2,1-3H3,(H,30,31)/b9-7+. The van der Waals surface area contributed by atoms with Crippen molar-refractivity contribution in [1.82, 2.24) is 14.6 Å². The van der Waals surface area contributed by atoms with Crippen LogP contribution in [0.4, 0.5) is 17.2 Å². The first-order chi connectivity index (χ1) is 16.2. The molecule has 1 N–H and O–H groups in total. The number of allylic oxidation sites excluding steroid dienone is 1. The summed E-state index contributed by atoms with van der Waals surface area (Å²) in [6, 6.07) is 19.1. The lowest BCUT2D eigenvalue weighted by Crippen LogP contribution is -2.24. The molecule has 0 unspecified atom stereocenters. The number of hydrogen-bond donors (Lipinski definition) is 1. The van der Waals surface area contributed by atoms with Crippen LogP contribution in [0.5, 0.6) is 0 Å². The molecule has 2 aromatic carbocycles. The fourth-order valence-electron chi connectivity index (χ4n) is 4.02. The third kappa shape index (κ3) is 5.43. The van der Waals surface area contributed by atoms with Gasteiger partial charge in [0.1, 0.15) is 5.82 Å². The van der Waals surface area contributed by atoms with E-state index in [0.29, 0.717) is 0 Å². The molecule has 0 spiro atoms. The molecule has 0 radical (unpaired) electrons. The number of anilines is 3. The molecule has 33 heavy (non-hydrogen) atoms. The highest BCUT2D eigenvalue weighted by atomic mass is 15.2. The van der Waals surface area contributed by atoms with Gasteiger partial charge in [0.15, 0.2) is 5.65 Å². The fraction of sp³-hybridized carbons (Fsp3) is 0.286. The molecule has 2 aromatic heterocycles. The van der Waals surface area contributed by atoms with E-state index in [2.05, 4.69) is 96.8 Å². The lowest BCUT2D eigenvalue weighted by atomic mass is 10.1. The van der Waals surface area contributed by atoms with E-state index >= 15 is 0 Å². The Morgan fingerprint density at radius 1 is 0.970 bits per heavy atom. The van der Waals surface area contributed by atoms with E-state index in [1.54, 1.807) is 0 Å². The number of nitrogens with zero attached hydrogens (tertiary/aromatic N) is 4. The second kappa shape index (κ2) is 10.8. The van der Waals surface area contributed by atoms with Gasteiger partial charge >= 0.3 is 0 Å². The molecule has 0 bridgehead atoms. The van der Waals surface area contributed by atoms with Gasteiger partial charge in [-0.2, -0.15) is 5.10 Å². The Hall–Kier alpha value is -3.60. The van der Waals surface area contributed by atoms with Gasteiger partial charge in [-0.15, -0.1) is 0 Å². The summed E-state index contributed by atoms with van der Waals surface area (Å²) in [4.78, 5) is 7.32. The van der Waals surface area contributed by atoms with Crippen LogP contribution in [0.3, 0.4) is 0 Å². The zero-order valence-corrected chi connectivity index (χ0v) is 19.8. The van der Waals surface area contributed by atoms with Crippen LogP contribution in [0.15, 0.2) is 73.1 Å². The second-order valence-corrected chi connectivity index (χ2v) is 8.23. The fourth-order valence-corrected chi connectivity index (χ4v) is 4.02. The highest BCUT2D eigenvalue weighted by Crippen LogP contribution is 2.27. The minimum atomic E-state index is 0.804. The van der Waals surface area contributed by atoms with Crippen molar-refractivity contribution < 1.29 is 0 Å². The molecule has 0 aliphatic carbocycles. The maximum Gasteiger partial charge on any atom is 0.165 e. The summed E-state index contributed by atoms with van der Waals surface area (Å²) in [6.45, 7) is 8.76. The molecule has 170 valence electrons. The van der Waals surface area contributed by atoms with Gasteiger partial charge in [-0.3, -0.25) is 0 Å². The number of benzene rings is 2. The van der Waals surface area contributed by atoms with Crippen molar-refractivity contribution in [3.63, 3.8) is 0 Å². The van der Waals surface area contributed by atoms with Crippen LogP contribution in [0.2, 0.25) is 0 Å². The first-order valence-electron chi connectivity index (χ1n) is 11.9. The first-order valence-corrected chi connectivity index (χ1v) is 11.9. The Morgan fingerprint density at radius 3 is 2.48 bits per heavy atom. The van der Waals surface area contributed by atoms with E-state index in [-0.39, 0.29) is 0 Å². The Bertz CT molecular complexity index is 1200. The van der Waals surface area contributed by atoms with Gasteiger partial charge in [-0.05, 0) is 66.8 Å². The lowest BCUT2D eigenvalue weighted by molar-refractivity contribution is 0.745. The monoisotopic (exact) mass is 439 g/mol. The van der Waals surface area contributed by atoms with Gasteiger partial charge in [-0.25, -0.2) is 9.50 Å². The van der Waals surface area contributed by atoms with Crippen LogP contribution in [0, 0.1) is 0 Å². The topological polar surface area (TPSA) is 45.5 Å². The molecule has 5 nitrogen and oxygen atoms in total. The van der Waals surface area contributed by atoms with Crippen molar-refractivity contribution in [3.05, 3.63) is 78.6 Å². The minimum absolute atomic E-state index is 0.804. The molecular weight excluding hydrogens is 406 g/mol. The highest BCUT2D eigenvalue weighted by molar-refractivity contribution is 5.79. The molecular formula is C28H33N5. The van der Waals surface area contributed by atoms with Crippen molar-refractivity contribution in [3.8, 4) is 11.1 Å². The SMILES string of the molecule is CC/C=C/c1cccc(-c2cnn3ccc(Nc4ccc(N(CCC)CCC)cc4)nc23)c1. The molecule has 0 amide bonds. The van der Waals surface area contributed by atoms with Gasteiger partial charge in [0, 0.05) is 36.2 Å². The van der Waals surface area contributed by atoms with Crippen LogP contribution in [0.1, 0.15) is 45.6 Å². The number of rotatable bonds is 10. The molecule has 0 atom stereocenters. The van der Waals surface area contributed by atoms with Crippen LogP contribution >= 0.6 is 0 Å². The molecule has 4 rings (SSSR count). The van der Waals surface area contributed by atoms with E-state index in [1.165, 1.54) is 11.3 Å². The van der Waals surface area contributed by atoms with E-state index < -0.39 is 0 Å². The quantitative estimate of drug-likeness (QED) is 0.284. The van der Waals surface area contributed by atoms with Crippen molar-refractivity contribution in [1.29, 1.82) is 0 Å². The Labute approximate surface area is 196 Å². The molecule has 5 heteroatoms. The van der Waals surface area contributed by atoms with Crippen LogP contribution in [-0.2, 0) is 0 Å². The second-order valence-electron chi connectivity index (χ2n) is 8.23. The number of hydrogen-bond acceptors (Lipinski definition) is 4. The summed E-state index contributed by atoms with van der Waals surface area (Å²) in [7, 11) is 0. The zero-order valence-electron chi connectivity index (χ0n) is 19.8. The highest BCUT2D eigenvalue weighted by Gasteiger charge is 2.10. The van der Waals surface area contributed by atoms with Crippen molar-refractivity contribution in [2.45, 2.75) is 40.0 Å². The van der Waals surface area contributed by atoms with Crippen LogP contribution < -0.4 is 10.2 Å². The smallest absolute Gasteiger partial charge is 0.165 e. The maximum absolute atomic E-state index is 4.88. The number of fused-ring (bicyclic) bond motifs is 1. The van der Waals surface area contributed by atoms with Gasteiger partial charge in [0.2, 0.25) is 0 Å². The van der Waals surface area contributed by atoms with E-state index in [0.717, 1.165) is 60.6 Å². The third-order valence-electron chi connectivity index (χ3n) is 5.60. The largest absolute Gasteiger partial charge is 0.372 e. The number of nitrogens with one attached hydrogen (secondary N) is 1. The Kier molecular flexibility index (Phi) is 7.40. The van der Waals surface area contributed by atoms with E-state index in [4.69, 9.17) is 4.98 Å². The molecule has 0 aliphatic heterocycles. The summed E-state index contributed by atoms with van der Waals surface area (Å²) in [5, 5.41) is 7.96. The van der Waals surface area contributed by atoms with E-state index in [1.807, 2.05) is 23.0 Å². The molecule has 0 aliphatic rings. The Morgan fingerprint density at radius 2 is 1.76 bits per heavy atom. The van der Waals surface area contributed by atoms with Gasteiger partial charge < -0.3 is 10.2 Å². The summed E-state index contributed by atoms with van der Waals surface area (Å²) in [5.74, 6) is 0.804. The Balaban J connectivity index is 1.57. The van der Waals surface area contributed by atoms with E-state index in [9.17, 15) is 0 Å². The summed E-state index contributed by atoms with van der Waals surface area (Å²) in [6.07, 6.45) is 11.5. The molecule has 0 fully saturated rings. The molecule has 0 saturated carbocycles. The number of aromatic nitrogens is 3. The first kappa shape index (κ1) is 22.6. The average molecular weight is 440 g/mol. The summed E-state index contributed by atoms with van der Waals surface area (Å²) in [5.41, 5.74) is 6.45. The van der Waals surface area contributed by atoms with Crippen molar-refractivity contribution >= 4 is 28.9 Å².